The van der Waals surface area contributed by atoms with E-state index in [1.54, 1.807) is 6.07 Å². The Labute approximate surface area is 158 Å². The molecule has 4 rings (SSSR count). The predicted molar refractivity (Wildman–Crippen MR) is 99.1 cm³/mol. The fourth-order valence-electron chi connectivity index (χ4n) is 4.20. The molecule has 1 amide bonds. The maximum atomic E-state index is 12.6. The lowest BCUT2D eigenvalue weighted by molar-refractivity contribution is 0.0918. The van der Waals surface area contributed by atoms with Crippen molar-refractivity contribution in [2.45, 2.75) is 38.1 Å². The van der Waals surface area contributed by atoms with Gasteiger partial charge in [0.2, 0.25) is 0 Å². The van der Waals surface area contributed by atoms with E-state index in [1.165, 1.54) is 12.5 Å². The summed E-state index contributed by atoms with van der Waals surface area (Å²) in [6, 6.07) is 3.45. The highest BCUT2D eigenvalue weighted by atomic mass is 32.2. The van der Waals surface area contributed by atoms with Gasteiger partial charge in [-0.25, -0.2) is 8.42 Å². The van der Waals surface area contributed by atoms with Crippen molar-refractivity contribution >= 4 is 15.7 Å². The van der Waals surface area contributed by atoms with Crippen molar-refractivity contribution in [3.8, 4) is 0 Å². The average molecular weight is 392 g/mol. The van der Waals surface area contributed by atoms with Gasteiger partial charge in [-0.1, -0.05) is 0 Å². The Kier molecular flexibility index (Phi) is 4.63. The molecule has 8 heteroatoms. The molecular weight excluding hydrogens is 368 g/mol. The third-order valence-electron chi connectivity index (χ3n) is 5.77. The minimum Gasteiger partial charge on any atom is -0.472 e. The van der Waals surface area contributed by atoms with Gasteiger partial charge < -0.3 is 14.2 Å². The first-order valence-corrected chi connectivity index (χ1v) is 10.9. The number of rotatable bonds is 4. The zero-order valence-corrected chi connectivity index (χ0v) is 16.3. The van der Waals surface area contributed by atoms with E-state index in [4.69, 9.17) is 8.83 Å². The highest BCUT2D eigenvalue weighted by Gasteiger charge is 2.48. The molecule has 0 aliphatic carbocycles. The van der Waals surface area contributed by atoms with Crippen LogP contribution in [-0.4, -0.2) is 49.4 Å². The Balaban J connectivity index is 1.49. The summed E-state index contributed by atoms with van der Waals surface area (Å²) in [6.07, 6.45) is 3.29. The van der Waals surface area contributed by atoms with E-state index < -0.39 is 15.1 Å². The molecule has 0 spiro atoms. The van der Waals surface area contributed by atoms with Gasteiger partial charge in [-0.3, -0.25) is 9.69 Å². The number of likely N-dealkylation sites (tertiary alicyclic amines) is 1. The second-order valence-electron chi connectivity index (χ2n) is 7.60. The number of amides is 1. The van der Waals surface area contributed by atoms with E-state index in [-0.39, 0.29) is 23.6 Å². The number of hydrogen-bond acceptors (Lipinski definition) is 6. The number of nitrogens with one attached hydrogen (secondary N) is 1. The van der Waals surface area contributed by atoms with Gasteiger partial charge in [-0.05, 0) is 38.0 Å². The zero-order chi connectivity index (χ0) is 19.2. The van der Waals surface area contributed by atoms with E-state index in [0.717, 1.165) is 17.1 Å². The molecule has 0 bridgehead atoms. The van der Waals surface area contributed by atoms with Crippen molar-refractivity contribution in [3.63, 3.8) is 0 Å². The van der Waals surface area contributed by atoms with Crippen molar-refractivity contribution in [3.05, 3.63) is 47.3 Å². The van der Waals surface area contributed by atoms with Gasteiger partial charge in [0.1, 0.15) is 17.8 Å². The molecular formula is C19H24N2O5S. The number of nitrogens with zero attached hydrogens (tertiary/aromatic N) is 1. The van der Waals surface area contributed by atoms with Gasteiger partial charge in [0.15, 0.2) is 9.84 Å². The summed E-state index contributed by atoms with van der Waals surface area (Å²) < 4.78 is 35.9. The molecule has 0 radical (unpaired) electrons. The van der Waals surface area contributed by atoms with Crippen LogP contribution in [0.4, 0.5) is 0 Å². The maximum Gasteiger partial charge on any atom is 0.254 e. The summed E-state index contributed by atoms with van der Waals surface area (Å²) in [7, 11) is -3.15. The van der Waals surface area contributed by atoms with Crippen LogP contribution >= 0.6 is 0 Å². The van der Waals surface area contributed by atoms with E-state index in [9.17, 15) is 13.2 Å². The van der Waals surface area contributed by atoms with Crippen molar-refractivity contribution in [1.29, 1.82) is 0 Å². The minimum absolute atomic E-state index is 0.108. The molecule has 7 nitrogen and oxygen atoms in total. The molecule has 1 N–H and O–H groups in total. The molecule has 2 aliphatic heterocycles. The van der Waals surface area contributed by atoms with Crippen LogP contribution in [0.15, 0.2) is 33.5 Å². The van der Waals surface area contributed by atoms with Crippen molar-refractivity contribution in [1.82, 2.24) is 10.2 Å². The first-order valence-electron chi connectivity index (χ1n) is 9.16. The fraction of sp³-hybridized carbons (Fsp3) is 0.526. The minimum atomic E-state index is -3.15. The molecule has 0 unspecified atom stereocenters. The molecule has 3 atom stereocenters. The van der Waals surface area contributed by atoms with E-state index in [0.29, 0.717) is 31.6 Å². The lowest BCUT2D eigenvalue weighted by Crippen LogP contribution is -2.51. The predicted octanol–water partition coefficient (Wildman–Crippen LogP) is 1.91. The molecule has 4 heterocycles. The standard InChI is InChI=1S/C19H24N2O5S/c1-12-7-15(26-13(12)2)8-21-9-16-17(4-6-27(23,24)18(16)10-21)20-19(22)14-3-5-25-11-14/h3,5,7,11,16-18H,4,6,8-10H2,1-2H3,(H,20,22)/t16-,17-,18+/m1/s1. The second kappa shape index (κ2) is 6.83. The lowest BCUT2D eigenvalue weighted by atomic mass is 9.95. The van der Waals surface area contributed by atoms with E-state index in [2.05, 4.69) is 10.2 Å². The molecule has 27 heavy (non-hydrogen) atoms. The number of carbonyl (C=O) groups excluding carboxylic acids is 1. The monoisotopic (exact) mass is 392 g/mol. The topological polar surface area (TPSA) is 92.8 Å². The van der Waals surface area contributed by atoms with Crippen molar-refractivity contribution in [2.75, 3.05) is 18.8 Å². The third-order valence-corrected chi connectivity index (χ3v) is 8.00. The molecule has 2 aromatic rings. The number of sulfone groups is 1. The van der Waals surface area contributed by atoms with Crippen LogP contribution in [0.5, 0.6) is 0 Å². The molecule has 2 aromatic heterocycles. The van der Waals surface area contributed by atoms with Gasteiger partial charge in [0.05, 0.1) is 29.4 Å². The van der Waals surface area contributed by atoms with Gasteiger partial charge in [0, 0.05) is 25.0 Å². The van der Waals surface area contributed by atoms with Crippen LogP contribution in [-0.2, 0) is 16.4 Å². The van der Waals surface area contributed by atoms with Gasteiger partial charge in [-0.15, -0.1) is 0 Å². The van der Waals surface area contributed by atoms with Crippen LogP contribution in [0, 0.1) is 19.8 Å². The highest BCUT2D eigenvalue weighted by molar-refractivity contribution is 7.92. The van der Waals surface area contributed by atoms with Crippen LogP contribution in [0.1, 0.15) is 33.9 Å². The van der Waals surface area contributed by atoms with Crippen LogP contribution in [0.3, 0.4) is 0 Å². The van der Waals surface area contributed by atoms with Gasteiger partial charge >= 0.3 is 0 Å². The van der Waals surface area contributed by atoms with Crippen LogP contribution < -0.4 is 5.32 Å². The number of aryl methyl sites for hydroxylation is 2. The normalized spacial score (nSPS) is 27.4. The van der Waals surface area contributed by atoms with Gasteiger partial charge in [-0.2, -0.15) is 0 Å². The van der Waals surface area contributed by atoms with Crippen molar-refractivity contribution in [2.24, 2.45) is 5.92 Å². The molecule has 2 saturated heterocycles. The third kappa shape index (κ3) is 3.55. The number of carbonyl (C=O) groups is 1. The van der Waals surface area contributed by atoms with Crippen molar-refractivity contribution < 1.29 is 22.0 Å². The fourth-order valence-corrected chi connectivity index (χ4v) is 6.34. The van der Waals surface area contributed by atoms with E-state index in [1.807, 2.05) is 19.9 Å². The summed E-state index contributed by atoms with van der Waals surface area (Å²) in [4.78, 5) is 14.5. The maximum absolute atomic E-state index is 12.6. The largest absolute Gasteiger partial charge is 0.472 e. The molecule has 0 aromatic carbocycles. The second-order valence-corrected chi connectivity index (χ2v) is 9.94. The Morgan fingerprint density at radius 3 is 2.81 bits per heavy atom. The summed E-state index contributed by atoms with van der Waals surface area (Å²) >= 11 is 0. The Hall–Kier alpha value is -2.06. The molecule has 0 saturated carbocycles. The smallest absolute Gasteiger partial charge is 0.254 e. The highest BCUT2D eigenvalue weighted by Crippen LogP contribution is 2.34. The SMILES string of the molecule is Cc1cc(CN2C[C@@H]3[C@H](NC(=O)c4ccoc4)CCS(=O)(=O)[C@H]3C2)oc1C. The number of hydrogen-bond donors (Lipinski definition) is 1. The van der Waals surface area contributed by atoms with E-state index >= 15 is 0 Å². The first-order chi connectivity index (χ1) is 12.8. The summed E-state index contributed by atoms with van der Waals surface area (Å²) in [5, 5.41) is 2.57. The number of furan rings is 2. The lowest BCUT2D eigenvalue weighted by Gasteiger charge is -2.33. The summed E-state index contributed by atoms with van der Waals surface area (Å²) in [5.41, 5.74) is 1.55. The summed E-state index contributed by atoms with van der Waals surface area (Å²) in [6.45, 7) is 5.61. The quantitative estimate of drug-likeness (QED) is 0.854. The Morgan fingerprint density at radius 1 is 1.33 bits per heavy atom. The number of fused-ring (bicyclic) bond motifs is 1. The summed E-state index contributed by atoms with van der Waals surface area (Å²) in [5.74, 6) is 1.51. The van der Waals surface area contributed by atoms with Crippen LogP contribution in [0.25, 0.3) is 0 Å². The Morgan fingerprint density at radius 2 is 2.15 bits per heavy atom. The average Bonchev–Trinajstić information content (AvgIpc) is 3.32. The van der Waals surface area contributed by atoms with Gasteiger partial charge in [0.25, 0.3) is 5.91 Å². The first kappa shape index (κ1) is 18.3. The van der Waals surface area contributed by atoms with Crippen LogP contribution in [0.2, 0.25) is 0 Å². The molecule has 146 valence electrons. The zero-order valence-electron chi connectivity index (χ0n) is 15.5. The Bertz CT molecular complexity index is 912. The molecule has 2 fully saturated rings. The molecule has 2 aliphatic rings.